The van der Waals surface area contributed by atoms with Crippen LogP contribution in [0.25, 0.3) is 0 Å². The molecule has 120 valence electrons. The second-order valence-corrected chi connectivity index (χ2v) is 5.26. The number of rotatable bonds is 6. The van der Waals surface area contributed by atoms with Crippen LogP contribution in [-0.2, 0) is 4.74 Å². The first-order chi connectivity index (χ1) is 10.8. The van der Waals surface area contributed by atoms with E-state index in [0.717, 1.165) is 50.7 Å². The minimum Gasteiger partial charge on any atom is -0.497 e. The van der Waals surface area contributed by atoms with Crippen LogP contribution in [0.3, 0.4) is 0 Å². The van der Waals surface area contributed by atoms with Gasteiger partial charge in [-0.25, -0.2) is 0 Å². The Morgan fingerprint density at radius 2 is 2.27 bits per heavy atom. The van der Waals surface area contributed by atoms with E-state index in [1.165, 1.54) is 0 Å². The van der Waals surface area contributed by atoms with Gasteiger partial charge in [-0.2, -0.15) is 5.10 Å². The largest absolute Gasteiger partial charge is 0.497 e. The molecule has 1 aromatic carbocycles. The third kappa shape index (κ3) is 5.97. The molecule has 2 N–H and O–H groups in total. The van der Waals surface area contributed by atoms with Gasteiger partial charge >= 0.3 is 0 Å². The highest BCUT2D eigenvalue weighted by Gasteiger charge is 2.09. The number of nitrogens with zero attached hydrogens (tertiary/aromatic N) is 2. The van der Waals surface area contributed by atoms with Crippen LogP contribution in [0, 0.1) is 0 Å². The molecule has 0 radical (unpaired) electrons. The first-order valence-corrected chi connectivity index (χ1v) is 7.70. The smallest absolute Gasteiger partial charge is 0.187 e. The summed E-state index contributed by atoms with van der Waals surface area (Å²) in [7, 11) is 1.64. The maximum Gasteiger partial charge on any atom is 0.187 e. The van der Waals surface area contributed by atoms with Gasteiger partial charge in [0.25, 0.3) is 0 Å². The Kier molecular flexibility index (Phi) is 7.08. The van der Waals surface area contributed by atoms with E-state index >= 15 is 0 Å². The molecule has 1 saturated heterocycles. The average molecular weight is 322 g/mol. The first kappa shape index (κ1) is 16.7. The fourth-order valence-electron chi connectivity index (χ4n) is 2.08. The molecule has 1 aliphatic heterocycles. The summed E-state index contributed by atoms with van der Waals surface area (Å²) >= 11 is 5.18. The SMILES string of the molecule is COc1cccc(/C=N\NC(=S)NCCN2CCOCC2)c1. The first-order valence-electron chi connectivity index (χ1n) is 7.29. The summed E-state index contributed by atoms with van der Waals surface area (Å²) in [5.41, 5.74) is 3.76. The standard InChI is InChI=1S/C15H22N4O2S/c1-20-14-4-2-3-13(11-14)12-17-18-15(22)16-5-6-19-7-9-21-10-8-19/h2-4,11-12H,5-10H2,1H3,(H2,16,18,22)/b17-12-. The highest BCUT2D eigenvalue weighted by Crippen LogP contribution is 2.10. The lowest BCUT2D eigenvalue weighted by Gasteiger charge is -2.26. The molecule has 0 aliphatic carbocycles. The van der Waals surface area contributed by atoms with Crippen LogP contribution < -0.4 is 15.5 Å². The summed E-state index contributed by atoms with van der Waals surface area (Å²) in [4.78, 5) is 2.35. The molecule has 1 fully saturated rings. The maximum absolute atomic E-state index is 5.31. The van der Waals surface area contributed by atoms with Crippen molar-refractivity contribution in [2.24, 2.45) is 5.10 Å². The van der Waals surface area contributed by atoms with Gasteiger partial charge in [-0.15, -0.1) is 0 Å². The molecule has 0 saturated carbocycles. The van der Waals surface area contributed by atoms with Gasteiger partial charge in [-0.3, -0.25) is 10.3 Å². The Bertz CT molecular complexity index is 504. The van der Waals surface area contributed by atoms with Gasteiger partial charge in [0.15, 0.2) is 5.11 Å². The van der Waals surface area contributed by atoms with E-state index in [2.05, 4.69) is 20.7 Å². The Morgan fingerprint density at radius 1 is 1.45 bits per heavy atom. The van der Waals surface area contributed by atoms with Gasteiger partial charge in [0, 0.05) is 26.2 Å². The number of benzene rings is 1. The van der Waals surface area contributed by atoms with Crippen molar-refractivity contribution in [1.82, 2.24) is 15.6 Å². The van der Waals surface area contributed by atoms with E-state index < -0.39 is 0 Å². The minimum atomic E-state index is 0.521. The predicted molar refractivity (Wildman–Crippen MR) is 91.6 cm³/mol. The van der Waals surface area contributed by atoms with Crippen molar-refractivity contribution in [3.63, 3.8) is 0 Å². The Labute approximate surface area is 136 Å². The number of morpholine rings is 1. The van der Waals surface area contributed by atoms with E-state index in [0.29, 0.717) is 5.11 Å². The summed E-state index contributed by atoms with van der Waals surface area (Å²) in [5.74, 6) is 0.801. The summed E-state index contributed by atoms with van der Waals surface area (Å²) in [6.45, 7) is 5.33. The normalized spacial score (nSPS) is 15.7. The van der Waals surface area contributed by atoms with Crippen molar-refractivity contribution < 1.29 is 9.47 Å². The zero-order chi connectivity index (χ0) is 15.6. The maximum atomic E-state index is 5.31. The number of hydrogen-bond acceptors (Lipinski definition) is 5. The summed E-state index contributed by atoms with van der Waals surface area (Å²) in [6, 6.07) is 7.66. The van der Waals surface area contributed by atoms with E-state index in [4.69, 9.17) is 21.7 Å². The van der Waals surface area contributed by atoms with E-state index in [-0.39, 0.29) is 0 Å². The minimum absolute atomic E-state index is 0.521. The molecule has 2 rings (SSSR count). The number of hydrazone groups is 1. The molecular formula is C15H22N4O2S. The van der Waals surface area contributed by atoms with Gasteiger partial charge in [-0.05, 0) is 29.9 Å². The number of ether oxygens (including phenoxy) is 2. The third-order valence-electron chi connectivity index (χ3n) is 3.29. The number of hydrogen-bond donors (Lipinski definition) is 2. The van der Waals surface area contributed by atoms with Crippen LogP contribution in [-0.4, -0.2) is 62.7 Å². The van der Waals surface area contributed by atoms with Crippen molar-refractivity contribution >= 4 is 23.5 Å². The molecule has 1 aliphatic rings. The third-order valence-corrected chi connectivity index (χ3v) is 3.53. The van der Waals surface area contributed by atoms with Gasteiger partial charge in [0.1, 0.15) is 5.75 Å². The summed E-state index contributed by atoms with van der Waals surface area (Å²) in [6.07, 6.45) is 1.71. The molecule has 0 aromatic heterocycles. The van der Waals surface area contributed by atoms with Gasteiger partial charge < -0.3 is 14.8 Å². The summed E-state index contributed by atoms with van der Waals surface area (Å²) in [5, 5.41) is 7.77. The molecule has 22 heavy (non-hydrogen) atoms. The molecular weight excluding hydrogens is 300 g/mol. The molecule has 0 spiro atoms. The van der Waals surface area contributed by atoms with Gasteiger partial charge in [0.2, 0.25) is 0 Å². The van der Waals surface area contributed by atoms with Crippen molar-refractivity contribution in [1.29, 1.82) is 0 Å². The van der Waals surface area contributed by atoms with Crippen LogP contribution in [0.4, 0.5) is 0 Å². The summed E-state index contributed by atoms with van der Waals surface area (Å²) < 4.78 is 10.5. The highest BCUT2D eigenvalue weighted by atomic mass is 32.1. The molecule has 0 atom stereocenters. The van der Waals surface area contributed by atoms with Crippen molar-refractivity contribution in [2.75, 3.05) is 46.5 Å². The van der Waals surface area contributed by atoms with E-state index in [1.807, 2.05) is 24.3 Å². The zero-order valence-electron chi connectivity index (χ0n) is 12.7. The number of thiocarbonyl (C=S) groups is 1. The second kappa shape index (κ2) is 9.34. The molecule has 1 aromatic rings. The van der Waals surface area contributed by atoms with Crippen molar-refractivity contribution in [3.8, 4) is 5.75 Å². The van der Waals surface area contributed by atoms with Crippen LogP contribution in [0.2, 0.25) is 0 Å². The quantitative estimate of drug-likeness (QED) is 0.460. The van der Waals surface area contributed by atoms with Crippen LogP contribution in [0.1, 0.15) is 5.56 Å². The monoisotopic (exact) mass is 322 g/mol. The zero-order valence-corrected chi connectivity index (χ0v) is 13.6. The number of methoxy groups -OCH3 is 1. The lowest BCUT2D eigenvalue weighted by molar-refractivity contribution is 0.0389. The van der Waals surface area contributed by atoms with E-state index in [9.17, 15) is 0 Å². The average Bonchev–Trinajstić information content (AvgIpc) is 2.56. The van der Waals surface area contributed by atoms with Gasteiger partial charge in [0.05, 0.1) is 26.5 Å². The predicted octanol–water partition coefficient (Wildman–Crippen LogP) is 0.825. The number of nitrogens with one attached hydrogen (secondary N) is 2. The fourth-order valence-corrected chi connectivity index (χ4v) is 2.23. The van der Waals surface area contributed by atoms with Gasteiger partial charge in [-0.1, -0.05) is 12.1 Å². The Balaban J connectivity index is 1.65. The highest BCUT2D eigenvalue weighted by molar-refractivity contribution is 7.80. The molecule has 6 nitrogen and oxygen atoms in total. The van der Waals surface area contributed by atoms with Crippen molar-refractivity contribution in [2.45, 2.75) is 0 Å². The molecule has 0 bridgehead atoms. The lowest BCUT2D eigenvalue weighted by atomic mass is 10.2. The van der Waals surface area contributed by atoms with Crippen LogP contribution in [0.5, 0.6) is 5.75 Å². The lowest BCUT2D eigenvalue weighted by Crippen LogP contribution is -2.42. The van der Waals surface area contributed by atoms with Crippen LogP contribution >= 0.6 is 12.2 Å². The molecule has 0 amide bonds. The topological polar surface area (TPSA) is 58.1 Å². The molecule has 0 unspecified atom stereocenters. The van der Waals surface area contributed by atoms with E-state index in [1.54, 1.807) is 13.3 Å². The molecule has 7 heteroatoms. The fraction of sp³-hybridized carbons (Fsp3) is 0.467. The Hall–Kier alpha value is -1.70. The molecule has 1 heterocycles. The Morgan fingerprint density at radius 3 is 3.05 bits per heavy atom. The second-order valence-electron chi connectivity index (χ2n) is 4.86. The van der Waals surface area contributed by atoms with Crippen LogP contribution in [0.15, 0.2) is 29.4 Å². The van der Waals surface area contributed by atoms with Crippen molar-refractivity contribution in [3.05, 3.63) is 29.8 Å².